The Balaban J connectivity index is 3.09. The molecular formula is C8H13N3O. The Morgan fingerprint density at radius 1 is 1.67 bits per heavy atom. The first-order valence-electron chi connectivity index (χ1n) is 3.88. The van der Waals surface area contributed by atoms with Crippen LogP contribution in [0.4, 0.5) is 4.79 Å². The predicted octanol–water partition coefficient (Wildman–Crippen LogP) is 1.24. The Bertz CT molecular complexity index is 301. The van der Waals surface area contributed by atoms with Gasteiger partial charge < -0.3 is 5.73 Å². The van der Waals surface area contributed by atoms with Gasteiger partial charge >= 0.3 is 6.03 Å². The number of hydrogen-bond donors (Lipinski definition) is 1. The fraction of sp³-hybridized carbons (Fsp3) is 0.500. The minimum absolute atomic E-state index is 0.373. The van der Waals surface area contributed by atoms with E-state index in [1.165, 1.54) is 4.68 Å². The second-order valence-electron chi connectivity index (χ2n) is 3.11. The molecule has 0 radical (unpaired) electrons. The van der Waals surface area contributed by atoms with Crippen molar-refractivity contribution < 1.29 is 4.79 Å². The van der Waals surface area contributed by atoms with Crippen molar-refractivity contribution in [2.75, 3.05) is 0 Å². The standard InChI is InChI=1S/C8H13N3O/c1-5(2)7-4-11(8(9)12)10-6(7)3/h4-5H,1-3H3,(H2,9,12). The third kappa shape index (κ3) is 1.47. The van der Waals surface area contributed by atoms with Gasteiger partial charge in [0.15, 0.2) is 0 Å². The van der Waals surface area contributed by atoms with Crippen molar-refractivity contribution in [3.63, 3.8) is 0 Å². The highest BCUT2D eigenvalue weighted by Gasteiger charge is 2.09. The summed E-state index contributed by atoms with van der Waals surface area (Å²) in [5.74, 6) is 0.373. The third-order valence-corrected chi connectivity index (χ3v) is 1.78. The first-order valence-corrected chi connectivity index (χ1v) is 3.88. The second-order valence-corrected chi connectivity index (χ2v) is 3.11. The topological polar surface area (TPSA) is 60.9 Å². The van der Waals surface area contributed by atoms with E-state index in [1.807, 2.05) is 6.92 Å². The molecule has 4 nitrogen and oxygen atoms in total. The lowest BCUT2D eigenvalue weighted by Crippen LogP contribution is -2.19. The number of aromatic nitrogens is 2. The first-order chi connectivity index (χ1) is 5.52. The van der Waals surface area contributed by atoms with Gasteiger partial charge in [-0.25, -0.2) is 4.79 Å². The Kier molecular flexibility index (Phi) is 2.17. The summed E-state index contributed by atoms with van der Waals surface area (Å²) in [4.78, 5) is 10.7. The molecule has 1 aromatic heterocycles. The maximum Gasteiger partial charge on any atom is 0.339 e. The number of rotatable bonds is 1. The average molecular weight is 167 g/mol. The molecule has 0 saturated carbocycles. The van der Waals surface area contributed by atoms with Crippen LogP contribution in [0.3, 0.4) is 0 Å². The number of hydrogen-bond acceptors (Lipinski definition) is 2. The first kappa shape index (κ1) is 8.77. The highest BCUT2D eigenvalue weighted by Crippen LogP contribution is 2.16. The van der Waals surface area contributed by atoms with Crippen molar-refractivity contribution in [2.45, 2.75) is 26.7 Å². The fourth-order valence-electron chi connectivity index (χ4n) is 1.15. The minimum atomic E-state index is -0.537. The highest BCUT2D eigenvalue weighted by atomic mass is 16.2. The summed E-state index contributed by atoms with van der Waals surface area (Å²) in [5, 5.41) is 3.97. The van der Waals surface area contributed by atoms with Crippen LogP contribution < -0.4 is 5.73 Å². The molecule has 12 heavy (non-hydrogen) atoms. The number of aryl methyl sites for hydroxylation is 1. The van der Waals surface area contributed by atoms with E-state index in [9.17, 15) is 4.79 Å². The van der Waals surface area contributed by atoms with Gasteiger partial charge in [-0.05, 0) is 18.4 Å². The molecule has 2 N–H and O–H groups in total. The number of nitrogens with zero attached hydrogens (tertiary/aromatic N) is 2. The van der Waals surface area contributed by atoms with E-state index >= 15 is 0 Å². The molecule has 0 spiro atoms. The SMILES string of the molecule is Cc1nn(C(N)=O)cc1C(C)C. The van der Waals surface area contributed by atoms with Crippen LogP contribution >= 0.6 is 0 Å². The molecule has 0 aliphatic heterocycles. The van der Waals surface area contributed by atoms with Gasteiger partial charge in [0.2, 0.25) is 0 Å². The molecule has 66 valence electrons. The number of carbonyl (C=O) groups is 1. The van der Waals surface area contributed by atoms with Crippen molar-refractivity contribution in [2.24, 2.45) is 5.73 Å². The summed E-state index contributed by atoms with van der Waals surface area (Å²) in [6, 6.07) is -0.537. The molecule has 0 unspecified atom stereocenters. The summed E-state index contributed by atoms with van der Waals surface area (Å²) in [5.41, 5.74) is 6.99. The summed E-state index contributed by atoms with van der Waals surface area (Å²) >= 11 is 0. The van der Waals surface area contributed by atoms with Crippen molar-refractivity contribution in [1.82, 2.24) is 9.78 Å². The maximum absolute atomic E-state index is 10.7. The van der Waals surface area contributed by atoms with E-state index in [1.54, 1.807) is 6.20 Å². The van der Waals surface area contributed by atoms with Crippen molar-refractivity contribution >= 4 is 6.03 Å². The molecule has 0 fully saturated rings. The molecule has 0 aliphatic carbocycles. The van der Waals surface area contributed by atoms with E-state index in [4.69, 9.17) is 5.73 Å². The molecule has 1 aromatic rings. The quantitative estimate of drug-likeness (QED) is 0.684. The van der Waals surface area contributed by atoms with E-state index < -0.39 is 6.03 Å². The van der Waals surface area contributed by atoms with E-state index in [2.05, 4.69) is 18.9 Å². The molecule has 0 saturated heterocycles. The summed E-state index contributed by atoms with van der Waals surface area (Å²) in [6.45, 7) is 5.97. The average Bonchev–Trinajstić information content (AvgIpc) is 2.30. The maximum atomic E-state index is 10.7. The van der Waals surface area contributed by atoms with Gasteiger partial charge in [-0.2, -0.15) is 9.78 Å². The zero-order valence-corrected chi connectivity index (χ0v) is 7.53. The van der Waals surface area contributed by atoms with Gasteiger partial charge in [0, 0.05) is 6.20 Å². The lowest BCUT2D eigenvalue weighted by Gasteiger charge is -1.99. The Morgan fingerprint density at radius 2 is 2.25 bits per heavy atom. The van der Waals surface area contributed by atoms with Crippen LogP contribution in [0.25, 0.3) is 0 Å². The molecule has 0 bridgehead atoms. The van der Waals surface area contributed by atoms with Gasteiger partial charge in [-0.1, -0.05) is 13.8 Å². The van der Waals surface area contributed by atoms with Gasteiger partial charge in [-0.3, -0.25) is 0 Å². The Labute approximate surface area is 71.4 Å². The molecule has 1 heterocycles. The zero-order chi connectivity index (χ0) is 9.30. The largest absolute Gasteiger partial charge is 0.350 e. The van der Waals surface area contributed by atoms with Gasteiger partial charge in [-0.15, -0.1) is 0 Å². The molecular weight excluding hydrogens is 154 g/mol. The van der Waals surface area contributed by atoms with Crippen LogP contribution in [0.5, 0.6) is 0 Å². The van der Waals surface area contributed by atoms with Crippen LogP contribution in [0, 0.1) is 6.92 Å². The molecule has 4 heteroatoms. The van der Waals surface area contributed by atoms with Crippen molar-refractivity contribution in [3.8, 4) is 0 Å². The van der Waals surface area contributed by atoms with Crippen molar-refractivity contribution in [1.29, 1.82) is 0 Å². The van der Waals surface area contributed by atoms with E-state index in [-0.39, 0.29) is 0 Å². The van der Waals surface area contributed by atoms with Gasteiger partial charge in [0.05, 0.1) is 5.69 Å². The molecule has 0 aliphatic rings. The highest BCUT2D eigenvalue weighted by molar-refractivity contribution is 5.73. The molecule has 1 rings (SSSR count). The monoisotopic (exact) mass is 167 g/mol. The number of amides is 1. The molecule has 1 amide bonds. The molecule has 0 atom stereocenters. The normalized spacial score (nSPS) is 10.7. The summed E-state index contributed by atoms with van der Waals surface area (Å²) in [7, 11) is 0. The van der Waals surface area contributed by atoms with Crippen LogP contribution in [0.15, 0.2) is 6.20 Å². The van der Waals surface area contributed by atoms with Crippen LogP contribution in [-0.2, 0) is 0 Å². The minimum Gasteiger partial charge on any atom is -0.350 e. The number of primary amides is 1. The fourth-order valence-corrected chi connectivity index (χ4v) is 1.15. The lowest BCUT2D eigenvalue weighted by atomic mass is 10.1. The summed E-state index contributed by atoms with van der Waals surface area (Å²) < 4.78 is 1.17. The predicted molar refractivity (Wildman–Crippen MR) is 46.0 cm³/mol. The second kappa shape index (κ2) is 2.97. The van der Waals surface area contributed by atoms with Gasteiger partial charge in [0.25, 0.3) is 0 Å². The van der Waals surface area contributed by atoms with Crippen LogP contribution in [0.1, 0.15) is 31.0 Å². The van der Waals surface area contributed by atoms with Crippen LogP contribution in [0.2, 0.25) is 0 Å². The van der Waals surface area contributed by atoms with Crippen molar-refractivity contribution in [3.05, 3.63) is 17.5 Å². The van der Waals surface area contributed by atoms with E-state index in [0.717, 1.165) is 11.3 Å². The lowest BCUT2D eigenvalue weighted by molar-refractivity contribution is 0.247. The zero-order valence-electron chi connectivity index (χ0n) is 7.53. The number of nitrogens with two attached hydrogens (primary N) is 1. The van der Waals surface area contributed by atoms with Crippen LogP contribution in [-0.4, -0.2) is 15.8 Å². The van der Waals surface area contributed by atoms with E-state index in [0.29, 0.717) is 5.92 Å². The smallest absolute Gasteiger partial charge is 0.339 e. The number of carbonyl (C=O) groups excluding carboxylic acids is 1. The Hall–Kier alpha value is -1.32. The summed E-state index contributed by atoms with van der Waals surface area (Å²) in [6.07, 6.45) is 1.68. The Morgan fingerprint density at radius 3 is 2.50 bits per heavy atom. The van der Waals surface area contributed by atoms with Gasteiger partial charge in [0.1, 0.15) is 0 Å². The molecule has 0 aromatic carbocycles. The third-order valence-electron chi connectivity index (χ3n) is 1.78.